The molecule has 0 N–H and O–H groups in total. The Hall–Kier alpha value is 0. The van der Waals surface area contributed by atoms with Crippen LogP contribution in [0.1, 0.15) is 38.5 Å². The molecule has 0 aromatic heterocycles. The summed E-state index contributed by atoms with van der Waals surface area (Å²) in [6.45, 7) is 0. The molecule has 10 heavy (non-hydrogen) atoms. The van der Waals surface area contributed by atoms with Crippen molar-refractivity contribution in [3.63, 3.8) is 0 Å². The van der Waals surface area contributed by atoms with Gasteiger partial charge in [-0.3, -0.25) is 0 Å². The molecular weight excluding hydrogens is 120 g/mol. The summed E-state index contributed by atoms with van der Waals surface area (Å²) in [4.78, 5) is 0. The Morgan fingerprint density at radius 1 is 1.20 bits per heavy atom. The van der Waals surface area contributed by atoms with E-state index in [1.54, 1.807) is 38.5 Å². The Kier molecular flexibility index (Phi) is 0.479. The second kappa shape index (κ2) is 1.00. The third kappa shape index (κ3) is 0.271. The van der Waals surface area contributed by atoms with Gasteiger partial charge in [-0.2, -0.15) is 0 Å². The van der Waals surface area contributed by atoms with Crippen LogP contribution in [0, 0.1) is 22.7 Å². The van der Waals surface area contributed by atoms with E-state index in [2.05, 4.69) is 0 Å². The lowest BCUT2D eigenvalue weighted by Crippen LogP contribution is -2.02. The zero-order valence-corrected chi connectivity index (χ0v) is 6.40. The smallest absolute Gasteiger partial charge is 0.0204 e. The van der Waals surface area contributed by atoms with E-state index in [1.807, 2.05) is 0 Å². The van der Waals surface area contributed by atoms with Gasteiger partial charge in [0.25, 0.3) is 0 Å². The number of hydrogen-bond acceptors (Lipinski definition) is 0. The highest BCUT2D eigenvalue weighted by Crippen LogP contribution is 2.90. The molecule has 4 rings (SSSR count). The molecule has 0 bridgehead atoms. The van der Waals surface area contributed by atoms with Crippen molar-refractivity contribution in [3.05, 3.63) is 0 Å². The van der Waals surface area contributed by atoms with Crippen molar-refractivity contribution in [3.8, 4) is 0 Å². The van der Waals surface area contributed by atoms with Gasteiger partial charge in [-0.05, 0) is 54.8 Å². The van der Waals surface area contributed by atoms with E-state index in [0.29, 0.717) is 0 Å². The lowest BCUT2D eigenvalue weighted by molar-refractivity contribution is 0.393. The monoisotopic (exact) mass is 134 g/mol. The van der Waals surface area contributed by atoms with Crippen molar-refractivity contribution >= 4 is 0 Å². The Morgan fingerprint density at radius 2 is 2.20 bits per heavy atom. The van der Waals surface area contributed by atoms with Gasteiger partial charge in [0, 0.05) is 0 Å². The summed E-state index contributed by atoms with van der Waals surface area (Å²) in [7, 11) is 0. The van der Waals surface area contributed by atoms with E-state index in [0.717, 1.165) is 10.8 Å². The summed E-state index contributed by atoms with van der Waals surface area (Å²) in [5.41, 5.74) is 1.96. The molecule has 0 aliphatic heterocycles. The van der Waals surface area contributed by atoms with E-state index in [-0.39, 0.29) is 0 Å². The fourth-order valence-corrected chi connectivity index (χ4v) is 4.73. The van der Waals surface area contributed by atoms with Gasteiger partial charge in [0.2, 0.25) is 0 Å². The average molecular weight is 134 g/mol. The topological polar surface area (TPSA) is 0 Å². The van der Waals surface area contributed by atoms with Crippen molar-refractivity contribution < 1.29 is 0 Å². The zero-order valence-electron chi connectivity index (χ0n) is 6.40. The van der Waals surface area contributed by atoms with Gasteiger partial charge in [-0.25, -0.2) is 0 Å². The molecule has 0 aromatic carbocycles. The predicted molar refractivity (Wildman–Crippen MR) is 39.5 cm³/mol. The highest BCUT2D eigenvalue weighted by atomic mass is 14.9. The summed E-state index contributed by atoms with van der Waals surface area (Å²) in [5, 5.41) is 0. The second-order valence-electron chi connectivity index (χ2n) is 5.27. The van der Waals surface area contributed by atoms with E-state index in [1.165, 1.54) is 11.8 Å². The van der Waals surface area contributed by atoms with E-state index < -0.39 is 0 Å². The maximum Gasteiger partial charge on any atom is -0.0204 e. The minimum Gasteiger partial charge on any atom is -0.0522 e. The van der Waals surface area contributed by atoms with Crippen LogP contribution in [0.15, 0.2) is 0 Å². The Labute approximate surface area is 62.0 Å². The molecule has 4 aliphatic rings. The summed E-state index contributed by atoms with van der Waals surface area (Å²) in [6, 6.07) is 0. The minimum absolute atomic E-state index is 0.973. The highest BCUT2D eigenvalue weighted by molar-refractivity contribution is 5.30. The molecule has 4 unspecified atom stereocenters. The molecule has 0 saturated heterocycles. The Bertz CT molecular complexity index is 216. The maximum absolute atomic E-state index is 1.65. The zero-order chi connectivity index (χ0) is 6.40. The van der Waals surface area contributed by atoms with Gasteiger partial charge < -0.3 is 0 Å². The molecule has 4 fully saturated rings. The van der Waals surface area contributed by atoms with Gasteiger partial charge in [-0.15, -0.1) is 0 Å². The van der Waals surface area contributed by atoms with Crippen LogP contribution in [0.25, 0.3) is 0 Å². The molecule has 0 aromatic rings. The highest BCUT2D eigenvalue weighted by Gasteiger charge is 2.81. The molecule has 0 heteroatoms. The third-order valence-corrected chi connectivity index (χ3v) is 5.15. The first-order chi connectivity index (χ1) is 4.86. The fraction of sp³-hybridized carbons (Fsp3) is 1.00. The molecule has 4 saturated carbocycles. The molecule has 0 amide bonds. The lowest BCUT2D eigenvalue weighted by atomic mass is 9.95. The van der Waals surface area contributed by atoms with Crippen LogP contribution < -0.4 is 0 Å². The number of rotatable bonds is 0. The summed E-state index contributed by atoms with van der Waals surface area (Å²) in [5.74, 6) is 2.48. The van der Waals surface area contributed by atoms with Crippen molar-refractivity contribution in [2.45, 2.75) is 38.5 Å². The Morgan fingerprint density at radius 3 is 3.10 bits per heavy atom. The van der Waals surface area contributed by atoms with Gasteiger partial charge in [0.05, 0.1) is 0 Å². The predicted octanol–water partition coefficient (Wildman–Crippen LogP) is 2.59. The molecule has 0 spiro atoms. The standard InChI is InChI=1S/C10H14/c1-2-9-5-7-4-8(7)10(9,3-1)6-9/h7-8H,1-6H2. The third-order valence-electron chi connectivity index (χ3n) is 5.15. The fourth-order valence-electron chi connectivity index (χ4n) is 4.73. The van der Waals surface area contributed by atoms with Crippen molar-refractivity contribution in [2.24, 2.45) is 22.7 Å². The first-order valence-corrected chi connectivity index (χ1v) is 4.86. The largest absolute Gasteiger partial charge is 0.0522 e. The van der Waals surface area contributed by atoms with Crippen LogP contribution in [0.2, 0.25) is 0 Å². The van der Waals surface area contributed by atoms with E-state index >= 15 is 0 Å². The van der Waals surface area contributed by atoms with Crippen LogP contribution in [0.4, 0.5) is 0 Å². The molecule has 0 heterocycles. The SMILES string of the molecule is C1CC23CC4CC4C2(C1)C3. The lowest BCUT2D eigenvalue weighted by Gasteiger charge is -2.09. The van der Waals surface area contributed by atoms with E-state index in [9.17, 15) is 0 Å². The van der Waals surface area contributed by atoms with Crippen LogP contribution in [0.3, 0.4) is 0 Å². The van der Waals surface area contributed by atoms with Gasteiger partial charge >= 0.3 is 0 Å². The second-order valence-corrected chi connectivity index (χ2v) is 5.27. The van der Waals surface area contributed by atoms with E-state index in [4.69, 9.17) is 0 Å². The van der Waals surface area contributed by atoms with Crippen LogP contribution in [-0.2, 0) is 0 Å². The quantitative estimate of drug-likeness (QED) is 0.477. The normalized spacial score (nSPS) is 74.4. The van der Waals surface area contributed by atoms with Gasteiger partial charge in [0.1, 0.15) is 0 Å². The molecule has 54 valence electrons. The average Bonchev–Trinajstić information content (AvgIpc) is 2.74. The molecule has 0 radical (unpaired) electrons. The summed E-state index contributed by atoms with van der Waals surface area (Å²) >= 11 is 0. The number of fused-ring (bicyclic) bond motifs is 1. The van der Waals surface area contributed by atoms with Crippen molar-refractivity contribution in [1.29, 1.82) is 0 Å². The Balaban J connectivity index is 1.91. The molecule has 0 nitrogen and oxygen atoms in total. The first-order valence-electron chi connectivity index (χ1n) is 4.86. The van der Waals surface area contributed by atoms with Crippen LogP contribution in [-0.4, -0.2) is 0 Å². The van der Waals surface area contributed by atoms with Crippen molar-refractivity contribution in [2.75, 3.05) is 0 Å². The number of hydrogen-bond donors (Lipinski definition) is 0. The van der Waals surface area contributed by atoms with Crippen LogP contribution >= 0.6 is 0 Å². The summed E-state index contributed by atoms with van der Waals surface area (Å²) < 4.78 is 0. The molecule has 4 atom stereocenters. The first kappa shape index (κ1) is 4.79. The molecule has 4 aliphatic carbocycles. The minimum atomic E-state index is 0.973. The van der Waals surface area contributed by atoms with Gasteiger partial charge in [-0.1, -0.05) is 6.42 Å². The van der Waals surface area contributed by atoms with Crippen molar-refractivity contribution in [1.82, 2.24) is 0 Å². The van der Waals surface area contributed by atoms with Crippen LogP contribution in [0.5, 0.6) is 0 Å². The van der Waals surface area contributed by atoms with Gasteiger partial charge in [0.15, 0.2) is 0 Å². The summed E-state index contributed by atoms with van der Waals surface area (Å²) in [6.07, 6.45) is 9.73. The maximum atomic E-state index is 1.65. The molecular formula is C10H14.